The number of aromatic nitrogens is 1. The van der Waals surface area contributed by atoms with Crippen LogP contribution >= 0.6 is 27.3 Å². The van der Waals surface area contributed by atoms with Crippen LogP contribution in [0.15, 0.2) is 39.6 Å². The first-order valence-electron chi connectivity index (χ1n) is 6.68. The van der Waals surface area contributed by atoms with Crippen LogP contribution in [0.4, 0.5) is 0 Å². The van der Waals surface area contributed by atoms with Gasteiger partial charge in [0.05, 0.1) is 23.7 Å². The summed E-state index contributed by atoms with van der Waals surface area (Å²) in [5, 5.41) is 13.7. The number of halogens is 1. The molecule has 1 unspecified atom stereocenters. The second-order valence-electron chi connectivity index (χ2n) is 4.75. The molecule has 5 nitrogen and oxygen atoms in total. The van der Waals surface area contributed by atoms with Crippen LogP contribution in [-0.4, -0.2) is 22.0 Å². The lowest BCUT2D eigenvalue weighted by Crippen LogP contribution is -2.30. The lowest BCUT2D eigenvalue weighted by Gasteiger charge is -2.17. The van der Waals surface area contributed by atoms with E-state index >= 15 is 0 Å². The van der Waals surface area contributed by atoms with Crippen LogP contribution < -0.4 is 5.32 Å². The SMILES string of the molecule is O=C(O)CC(NC(=O)CCc1cscn1)c1ccc(Br)cc1. The van der Waals surface area contributed by atoms with E-state index in [2.05, 4.69) is 26.2 Å². The summed E-state index contributed by atoms with van der Waals surface area (Å²) < 4.78 is 0.903. The van der Waals surface area contributed by atoms with Crippen molar-refractivity contribution in [2.45, 2.75) is 25.3 Å². The Morgan fingerprint density at radius 2 is 2.05 bits per heavy atom. The predicted molar refractivity (Wildman–Crippen MR) is 87.7 cm³/mol. The Bertz CT molecular complexity index is 629. The highest BCUT2D eigenvalue weighted by molar-refractivity contribution is 9.10. The molecule has 1 aromatic heterocycles. The van der Waals surface area contributed by atoms with Crippen molar-refractivity contribution in [3.05, 3.63) is 50.9 Å². The number of aryl methyl sites for hydroxylation is 1. The van der Waals surface area contributed by atoms with Gasteiger partial charge in [0.1, 0.15) is 0 Å². The first kappa shape index (κ1) is 16.6. The van der Waals surface area contributed by atoms with Gasteiger partial charge in [-0.3, -0.25) is 9.59 Å². The van der Waals surface area contributed by atoms with Crippen molar-refractivity contribution in [1.29, 1.82) is 0 Å². The van der Waals surface area contributed by atoms with Gasteiger partial charge in [-0.2, -0.15) is 0 Å². The Kier molecular flexibility index (Phi) is 6.09. The van der Waals surface area contributed by atoms with Gasteiger partial charge in [-0.15, -0.1) is 11.3 Å². The molecule has 0 bridgehead atoms. The zero-order valence-corrected chi connectivity index (χ0v) is 14.1. The summed E-state index contributed by atoms with van der Waals surface area (Å²) in [6.07, 6.45) is 0.690. The first-order chi connectivity index (χ1) is 10.5. The van der Waals surface area contributed by atoms with Gasteiger partial charge in [0.25, 0.3) is 0 Å². The summed E-state index contributed by atoms with van der Waals surface area (Å²) in [6, 6.07) is 6.72. The number of nitrogens with zero attached hydrogens (tertiary/aromatic N) is 1. The van der Waals surface area contributed by atoms with Crippen molar-refractivity contribution in [2.24, 2.45) is 0 Å². The fourth-order valence-corrected chi connectivity index (χ4v) is 2.85. The fraction of sp³-hybridized carbons (Fsp3) is 0.267. The highest BCUT2D eigenvalue weighted by Crippen LogP contribution is 2.20. The standard InChI is InChI=1S/C15H15BrN2O3S/c16-11-3-1-10(2-4-11)13(7-15(20)21)18-14(19)6-5-12-8-22-9-17-12/h1-4,8-9,13H,5-7H2,(H,18,19)(H,20,21). The number of aliphatic carboxylic acids is 1. The highest BCUT2D eigenvalue weighted by Gasteiger charge is 2.18. The van der Waals surface area contributed by atoms with Crippen LogP contribution in [0.25, 0.3) is 0 Å². The second-order valence-corrected chi connectivity index (χ2v) is 6.38. The van der Waals surface area contributed by atoms with Gasteiger partial charge in [-0.05, 0) is 24.1 Å². The van der Waals surface area contributed by atoms with E-state index in [1.54, 1.807) is 17.6 Å². The topological polar surface area (TPSA) is 79.3 Å². The summed E-state index contributed by atoms with van der Waals surface area (Å²) in [5.74, 6) is -1.13. The number of hydrogen-bond donors (Lipinski definition) is 2. The van der Waals surface area contributed by atoms with E-state index in [4.69, 9.17) is 5.11 Å². The van der Waals surface area contributed by atoms with E-state index in [9.17, 15) is 9.59 Å². The molecule has 0 aliphatic carbocycles. The summed E-state index contributed by atoms with van der Waals surface area (Å²) in [5.41, 5.74) is 3.37. The molecule has 116 valence electrons. The van der Waals surface area contributed by atoms with Crippen molar-refractivity contribution < 1.29 is 14.7 Å². The summed E-state index contributed by atoms with van der Waals surface area (Å²) in [4.78, 5) is 27.2. The van der Waals surface area contributed by atoms with Crippen LogP contribution in [0.5, 0.6) is 0 Å². The normalized spacial score (nSPS) is 11.9. The molecule has 2 aromatic rings. The first-order valence-corrected chi connectivity index (χ1v) is 8.42. The highest BCUT2D eigenvalue weighted by atomic mass is 79.9. The molecule has 2 rings (SSSR count). The number of thiazole rings is 1. The average molecular weight is 383 g/mol. The molecule has 0 spiro atoms. The molecule has 1 atom stereocenters. The Labute approximate surface area is 140 Å². The number of carboxylic acids is 1. The average Bonchev–Trinajstić information content (AvgIpc) is 2.98. The number of carbonyl (C=O) groups is 2. The van der Waals surface area contributed by atoms with E-state index in [-0.39, 0.29) is 18.7 Å². The monoisotopic (exact) mass is 382 g/mol. The van der Waals surface area contributed by atoms with Gasteiger partial charge >= 0.3 is 5.97 Å². The van der Waals surface area contributed by atoms with Crippen LogP contribution in [0.2, 0.25) is 0 Å². The zero-order valence-electron chi connectivity index (χ0n) is 11.7. The van der Waals surface area contributed by atoms with Gasteiger partial charge in [0, 0.05) is 16.3 Å². The second kappa shape index (κ2) is 8.05. The maximum absolute atomic E-state index is 12.0. The minimum Gasteiger partial charge on any atom is -0.481 e. The summed E-state index contributed by atoms with van der Waals surface area (Å²) in [7, 11) is 0. The predicted octanol–water partition coefficient (Wildman–Crippen LogP) is 3.17. The Morgan fingerprint density at radius 3 is 2.64 bits per heavy atom. The van der Waals surface area contributed by atoms with Gasteiger partial charge in [-0.1, -0.05) is 28.1 Å². The molecule has 0 fully saturated rings. The van der Waals surface area contributed by atoms with Crippen LogP contribution in [0.1, 0.15) is 30.1 Å². The van der Waals surface area contributed by atoms with E-state index in [1.807, 2.05) is 17.5 Å². The van der Waals surface area contributed by atoms with Gasteiger partial charge in [0.2, 0.25) is 5.91 Å². The van der Waals surface area contributed by atoms with Crippen LogP contribution in [0.3, 0.4) is 0 Å². The molecule has 0 radical (unpaired) electrons. The summed E-state index contributed by atoms with van der Waals surface area (Å²) in [6.45, 7) is 0. The number of carboxylic acid groups (broad SMARTS) is 1. The zero-order chi connectivity index (χ0) is 15.9. The van der Waals surface area contributed by atoms with E-state index in [0.717, 1.165) is 15.7 Å². The number of hydrogen-bond acceptors (Lipinski definition) is 4. The smallest absolute Gasteiger partial charge is 0.305 e. The van der Waals surface area contributed by atoms with Crippen LogP contribution in [0, 0.1) is 0 Å². The fourth-order valence-electron chi connectivity index (χ4n) is 1.99. The Hall–Kier alpha value is -1.73. The van der Waals surface area contributed by atoms with E-state index in [0.29, 0.717) is 6.42 Å². The number of amides is 1. The molecule has 0 saturated carbocycles. The molecule has 22 heavy (non-hydrogen) atoms. The molecular formula is C15H15BrN2O3S. The molecule has 1 amide bonds. The van der Waals surface area contributed by atoms with E-state index < -0.39 is 12.0 Å². The number of carbonyl (C=O) groups excluding carboxylic acids is 1. The lowest BCUT2D eigenvalue weighted by molar-refractivity contribution is -0.137. The molecule has 1 heterocycles. The minimum atomic E-state index is -0.951. The molecule has 2 N–H and O–H groups in total. The Balaban J connectivity index is 1.98. The van der Waals surface area contributed by atoms with Gasteiger partial charge < -0.3 is 10.4 Å². The van der Waals surface area contributed by atoms with Crippen molar-refractivity contribution in [3.8, 4) is 0 Å². The number of nitrogens with one attached hydrogen (secondary N) is 1. The Morgan fingerprint density at radius 1 is 1.32 bits per heavy atom. The quantitative estimate of drug-likeness (QED) is 0.770. The third kappa shape index (κ3) is 5.23. The van der Waals surface area contributed by atoms with Gasteiger partial charge in [-0.25, -0.2) is 4.98 Å². The minimum absolute atomic E-state index is 0.149. The lowest BCUT2D eigenvalue weighted by atomic mass is 10.0. The number of benzene rings is 1. The van der Waals surface area contributed by atoms with Crippen molar-refractivity contribution >= 4 is 39.1 Å². The molecule has 1 aromatic carbocycles. The third-order valence-electron chi connectivity index (χ3n) is 3.08. The molecule has 0 aliphatic heterocycles. The molecule has 7 heteroatoms. The van der Waals surface area contributed by atoms with E-state index in [1.165, 1.54) is 11.3 Å². The van der Waals surface area contributed by atoms with Crippen LogP contribution in [-0.2, 0) is 16.0 Å². The summed E-state index contributed by atoms with van der Waals surface area (Å²) >= 11 is 4.82. The van der Waals surface area contributed by atoms with Crippen molar-refractivity contribution in [3.63, 3.8) is 0 Å². The van der Waals surface area contributed by atoms with Crippen molar-refractivity contribution in [2.75, 3.05) is 0 Å². The number of rotatable bonds is 7. The largest absolute Gasteiger partial charge is 0.481 e. The van der Waals surface area contributed by atoms with Gasteiger partial charge in [0.15, 0.2) is 0 Å². The maximum atomic E-state index is 12.0. The maximum Gasteiger partial charge on any atom is 0.305 e. The van der Waals surface area contributed by atoms with Crippen molar-refractivity contribution in [1.82, 2.24) is 10.3 Å². The molecule has 0 saturated heterocycles. The molecular weight excluding hydrogens is 368 g/mol. The third-order valence-corrected chi connectivity index (χ3v) is 4.24. The molecule has 0 aliphatic rings.